The molecule has 1 amide bonds. The molecule has 1 atom stereocenters. The molecular formula is C14H20N2O4. The number of benzene rings is 1. The maximum atomic E-state index is 11.9. The maximum absolute atomic E-state index is 11.9. The molecule has 1 aromatic rings. The molecule has 0 fully saturated rings. The number of nitrogens with one attached hydrogen (secondary N) is 1. The van der Waals surface area contributed by atoms with Crippen molar-refractivity contribution in [2.24, 2.45) is 5.73 Å². The number of amides is 1. The Balaban J connectivity index is 2.51. The van der Waals surface area contributed by atoms with E-state index < -0.39 is 12.1 Å². The molecule has 0 saturated heterocycles. The normalized spacial score (nSPS) is 11.9. The van der Waals surface area contributed by atoms with E-state index in [4.69, 9.17) is 15.6 Å². The molecule has 4 N–H and O–H groups in total. The lowest BCUT2D eigenvalue weighted by Gasteiger charge is -2.14. The van der Waals surface area contributed by atoms with Crippen molar-refractivity contribution >= 4 is 11.9 Å². The van der Waals surface area contributed by atoms with Crippen LogP contribution in [0.5, 0.6) is 0 Å². The predicted molar refractivity (Wildman–Crippen MR) is 74.6 cm³/mol. The van der Waals surface area contributed by atoms with E-state index in [1.165, 1.54) is 7.11 Å². The van der Waals surface area contributed by atoms with Crippen molar-refractivity contribution in [1.29, 1.82) is 0 Å². The van der Waals surface area contributed by atoms with E-state index in [1.807, 2.05) is 12.1 Å². The molecule has 0 bridgehead atoms. The van der Waals surface area contributed by atoms with Crippen LogP contribution in [0.2, 0.25) is 0 Å². The fourth-order valence-corrected chi connectivity index (χ4v) is 1.73. The van der Waals surface area contributed by atoms with Gasteiger partial charge in [0, 0.05) is 19.2 Å². The van der Waals surface area contributed by atoms with E-state index in [0.29, 0.717) is 12.1 Å². The van der Waals surface area contributed by atoms with Crippen molar-refractivity contribution in [3.8, 4) is 0 Å². The number of aliphatic carboxylic acids is 1. The Bertz CT molecular complexity index is 445. The van der Waals surface area contributed by atoms with E-state index in [9.17, 15) is 9.59 Å². The number of rotatable bonds is 8. The first kappa shape index (κ1) is 16.1. The zero-order chi connectivity index (χ0) is 15.0. The second kappa shape index (κ2) is 8.29. The zero-order valence-electron chi connectivity index (χ0n) is 11.5. The van der Waals surface area contributed by atoms with Crippen molar-refractivity contribution in [2.75, 3.05) is 20.2 Å². The third-order valence-corrected chi connectivity index (χ3v) is 2.88. The number of methoxy groups -OCH3 is 1. The van der Waals surface area contributed by atoms with Crippen molar-refractivity contribution in [3.63, 3.8) is 0 Å². The van der Waals surface area contributed by atoms with Crippen LogP contribution in [0.25, 0.3) is 0 Å². The van der Waals surface area contributed by atoms with Gasteiger partial charge in [0.2, 0.25) is 0 Å². The van der Waals surface area contributed by atoms with E-state index in [1.54, 1.807) is 12.1 Å². The monoisotopic (exact) mass is 280 g/mol. The summed E-state index contributed by atoms with van der Waals surface area (Å²) in [6.45, 7) is 0.725. The van der Waals surface area contributed by atoms with Gasteiger partial charge in [-0.15, -0.1) is 0 Å². The first-order chi connectivity index (χ1) is 9.56. The largest absolute Gasteiger partial charge is 0.481 e. The van der Waals surface area contributed by atoms with Crippen LogP contribution >= 0.6 is 0 Å². The summed E-state index contributed by atoms with van der Waals surface area (Å²) in [5.41, 5.74) is 7.05. The van der Waals surface area contributed by atoms with Gasteiger partial charge in [-0.1, -0.05) is 12.1 Å². The molecule has 6 nitrogen and oxygen atoms in total. The summed E-state index contributed by atoms with van der Waals surface area (Å²) in [5, 5.41) is 11.3. The number of nitrogens with two attached hydrogens (primary N) is 1. The Kier molecular flexibility index (Phi) is 6.69. The van der Waals surface area contributed by atoms with Gasteiger partial charge in [0.1, 0.15) is 0 Å². The summed E-state index contributed by atoms with van der Waals surface area (Å²) < 4.78 is 4.99. The summed E-state index contributed by atoms with van der Waals surface area (Å²) in [7, 11) is 1.42. The Morgan fingerprint density at radius 3 is 2.50 bits per heavy atom. The van der Waals surface area contributed by atoms with Crippen LogP contribution in [0.15, 0.2) is 24.3 Å². The summed E-state index contributed by atoms with van der Waals surface area (Å²) in [4.78, 5) is 22.5. The number of carboxylic acids is 1. The predicted octanol–water partition coefficient (Wildman–Crippen LogP) is 0.407. The molecule has 0 aliphatic heterocycles. The molecule has 0 spiro atoms. The maximum Gasteiger partial charge on any atom is 0.306 e. The second-order valence-corrected chi connectivity index (χ2v) is 4.40. The number of carbonyl (C=O) groups is 2. The minimum Gasteiger partial charge on any atom is -0.481 e. The first-order valence-electron chi connectivity index (χ1n) is 6.38. The molecule has 0 heterocycles. The summed E-state index contributed by atoms with van der Waals surface area (Å²) >= 11 is 0. The fraction of sp³-hybridized carbons (Fsp3) is 0.429. The standard InChI is InChI=1S/C14H20N2O4/c1-20-12(8-13(17)18)9-16-14(19)11-4-2-10(3-5-11)6-7-15/h2-5,12H,6-9,15H2,1H3,(H,16,19)(H,17,18). The van der Waals surface area contributed by atoms with Gasteiger partial charge in [0.25, 0.3) is 5.91 Å². The highest BCUT2D eigenvalue weighted by molar-refractivity contribution is 5.94. The SMILES string of the molecule is COC(CNC(=O)c1ccc(CCN)cc1)CC(=O)O. The van der Waals surface area contributed by atoms with Crippen LogP contribution in [0.3, 0.4) is 0 Å². The average Bonchev–Trinajstić information content (AvgIpc) is 2.44. The lowest BCUT2D eigenvalue weighted by molar-refractivity contribution is -0.139. The highest BCUT2D eigenvalue weighted by Crippen LogP contribution is 2.05. The van der Waals surface area contributed by atoms with E-state index in [0.717, 1.165) is 12.0 Å². The molecule has 6 heteroatoms. The fourth-order valence-electron chi connectivity index (χ4n) is 1.73. The Morgan fingerprint density at radius 2 is 2.00 bits per heavy atom. The molecule has 1 unspecified atom stereocenters. The molecule has 1 rings (SSSR count). The zero-order valence-corrected chi connectivity index (χ0v) is 11.5. The van der Waals surface area contributed by atoms with Crippen molar-refractivity contribution < 1.29 is 19.4 Å². The van der Waals surface area contributed by atoms with Gasteiger partial charge < -0.3 is 20.9 Å². The number of ether oxygens (including phenoxy) is 1. The molecule has 0 saturated carbocycles. The number of hydrogen-bond donors (Lipinski definition) is 3. The van der Waals surface area contributed by atoms with E-state index >= 15 is 0 Å². The van der Waals surface area contributed by atoms with Crippen molar-refractivity contribution in [2.45, 2.75) is 18.9 Å². The van der Waals surface area contributed by atoms with Crippen LogP contribution in [0, 0.1) is 0 Å². The average molecular weight is 280 g/mol. The quantitative estimate of drug-likeness (QED) is 0.640. The molecule has 0 aliphatic carbocycles. The molecule has 20 heavy (non-hydrogen) atoms. The smallest absolute Gasteiger partial charge is 0.306 e. The van der Waals surface area contributed by atoms with Gasteiger partial charge in [-0.2, -0.15) is 0 Å². The number of hydrogen-bond acceptors (Lipinski definition) is 4. The lowest BCUT2D eigenvalue weighted by atomic mass is 10.1. The summed E-state index contributed by atoms with van der Waals surface area (Å²) in [5.74, 6) is -1.21. The molecule has 0 aliphatic rings. The molecule has 110 valence electrons. The molecule has 0 aromatic heterocycles. The third-order valence-electron chi connectivity index (χ3n) is 2.88. The van der Waals surface area contributed by atoms with Gasteiger partial charge in [-0.05, 0) is 30.7 Å². The highest BCUT2D eigenvalue weighted by Gasteiger charge is 2.14. The van der Waals surface area contributed by atoms with E-state index in [-0.39, 0.29) is 18.9 Å². The first-order valence-corrected chi connectivity index (χ1v) is 6.38. The second-order valence-electron chi connectivity index (χ2n) is 4.40. The minimum atomic E-state index is -0.961. The number of carbonyl (C=O) groups excluding carboxylic acids is 1. The van der Waals surface area contributed by atoms with Crippen LogP contribution in [-0.4, -0.2) is 43.3 Å². The van der Waals surface area contributed by atoms with Gasteiger partial charge in [-0.25, -0.2) is 0 Å². The van der Waals surface area contributed by atoms with Crippen LogP contribution in [0.1, 0.15) is 22.3 Å². The Morgan fingerprint density at radius 1 is 1.35 bits per heavy atom. The topological polar surface area (TPSA) is 102 Å². The Labute approximate surface area is 117 Å². The van der Waals surface area contributed by atoms with Crippen molar-refractivity contribution in [1.82, 2.24) is 5.32 Å². The minimum absolute atomic E-state index is 0.147. The van der Waals surface area contributed by atoms with Gasteiger partial charge in [0.15, 0.2) is 0 Å². The molecule has 1 aromatic carbocycles. The van der Waals surface area contributed by atoms with E-state index in [2.05, 4.69) is 5.32 Å². The van der Waals surface area contributed by atoms with Gasteiger partial charge in [0.05, 0.1) is 12.5 Å². The molecule has 0 radical (unpaired) electrons. The van der Waals surface area contributed by atoms with Crippen LogP contribution < -0.4 is 11.1 Å². The lowest BCUT2D eigenvalue weighted by Crippen LogP contribution is -2.34. The van der Waals surface area contributed by atoms with Crippen molar-refractivity contribution in [3.05, 3.63) is 35.4 Å². The van der Waals surface area contributed by atoms with Crippen LogP contribution in [0.4, 0.5) is 0 Å². The third kappa shape index (κ3) is 5.38. The summed E-state index contributed by atoms with van der Waals surface area (Å²) in [6.07, 6.45) is 0.0892. The number of carboxylic acid groups (broad SMARTS) is 1. The Hall–Kier alpha value is -1.92. The van der Waals surface area contributed by atoms with Gasteiger partial charge >= 0.3 is 5.97 Å². The van der Waals surface area contributed by atoms with Gasteiger partial charge in [-0.3, -0.25) is 9.59 Å². The highest BCUT2D eigenvalue weighted by atomic mass is 16.5. The van der Waals surface area contributed by atoms with Crippen LogP contribution in [-0.2, 0) is 16.0 Å². The molecular weight excluding hydrogens is 260 g/mol. The summed E-state index contributed by atoms with van der Waals surface area (Å²) in [6, 6.07) is 7.15.